The van der Waals surface area contributed by atoms with Crippen molar-refractivity contribution in [3.8, 4) is 5.75 Å². The molecule has 0 saturated carbocycles. The zero-order valence-electron chi connectivity index (χ0n) is 15.7. The number of morpholine rings is 1. The van der Waals surface area contributed by atoms with E-state index in [1.807, 2.05) is 4.90 Å². The fourth-order valence-electron chi connectivity index (χ4n) is 2.74. The van der Waals surface area contributed by atoms with Gasteiger partial charge in [0.25, 0.3) is 0 Å². The smallest absolute Gasteiger partial charge is 0.378 e. The predicted octanol–water partition coefficient (Wildman–Crippen LogP) is 2.14. The predicted molar refractivity (Wildman–Crippen MR) is 97.2 cm³/mol. The Labute approximate surface area is 165 Å². The molecule has 3 rings (SSSR count). The highest BCUT2D eigenvalue weighted by Crippen LogP contribution is 2.28. The van der Waals surface area contributed by atoms with Crippen LogP contribution in [0.15, 0.2) is 18.2 Å². The van der Waals surface area contributed by atoms with Gasteiger partial charge in [-0.15, -0.1) is 0 Å². The molecule has 0 N–H and O–H groups in total. The summed E-state index contributed by atoms with van der Waals surface area (Å²) in [6.45, 7) is 5.87. The Morgan fingerprint density at radius 1 is 1.14 bits per heavy atom. The van der Waals surface area contributed by atoms with Crippen LogP contribution < -0.4 is 9.08 Å². The van der Waals surface area contributed by atoms with Crippen LogP contribution in [0.25, 0.3) is 0 Å². The summed E-state index contributed by atoms with van der Waals surface area (Å²) < 4.78 is 69.7. The first-order valence-corrected chi connectivity index (χ1v) is 10.1. The van der Waals surface area contributed by atoms with Gasteiger partial charge in [-0.2, -0.15) is 31.6 Å². The summed E-state index contributed by atoms with van der Waals surface area (Å²) >= 11 is 0. The molecule has 158 valence electrons. The summed E-state index contributed by atoms with van der Waals surface area (Å²) in [7, 11) is -5.74. The monoisotopic (exact) mass is 432 g/mol. The molecule has 0 unspecified atom stereocenters. The Morgan fingerprint density at radius 3 is 2.48 bits per heavy atom. The van der Waals surface area contributed by atoms with E-state index in [9.17, 15) is 21.6 Å². The maximum absolute atomic E-state index is 12.6. The lowest BCUT2D eigenvalue weighted by atomic mass is 10.1. The molecule has 0 radical (unpaired) electrons. The fraction of sp³-hybridized carbons (Fsp3) is 0.471. The minimum Gasteiger partial charge on any atom is -0.378 e. The molecule has 1 aliphatic heterocycles. The van der Waals surface area contributed by atoms with E-state index in [-0.39, 0.29) is 6.42 Å². The second kappa shape index (κ2) is 8.11. The number of benzene rings is 1. The number of alkyl halides is 3. The third-order valence-electron chi connectivity index (χ3n) is 4.23. The Kier molecular flexibility index (Phi) is 5.94. The van der Waals surface area contributed by atoms with Gasteiger partial charge >= 0.3 is 15.6 Å². The maximum atomic E-state index is 12.6. The van der Waals surface area contributed by atoms with Gasteiger partial charge in [0.15, 0.2) is 0 Å². The van der Waals surface area contributed by atoms with Gasteiger partial charge in [0.1, 0.15) is 17.4 Å². The van der Waals surface area contributed by atoms with E-state index in [4.69, 9.17) is 4.74 Å². The molecule has 1 saturated heterocycles. The van der Waals surface area contributed by atoms with Gasteiger partial charge < -0.3 is 13.8 Å². The molecule has 0 amide bonds. The van der Waals surface area contributed by atoms with Crippen LogP contribution in [0.2, 0.25) is 0 Å². The van der Waals surface area contributed by atoms with Crippen molar-refractivity contribution in [2.45, 2.75) is 25.8 Å². The Bertz CT molecular complexity index is 993. The van der Waals surface area contributed by atoms with Crippen molar-refractivity contribution in [2.75, 3.05) is 31.2 Å². The van der Waals surface area contributed by atoms with E-state index in [1.165, 1.54) is 18.2 Å². The first-order valence-electron chi connectivity index (χ1n) is 8.70. The van der Waals surface area contributed by atoms with E-state index >= 15 is 0 Å². The third-order valence-corrected chi connectivity index (χ3v) is 5.21. The largest absolute Gasteiger partial charge is 0.534 e. The Hall–Kier alpha value is -2.47. The quantitative estimate of drug-likeness (QED) is 0.524. The van der Waals surface area contributed by atoms with Gasteiger partial charge in [-0.25, -0.2) is 4.98 Å². The molecule has 0 spiro atoms. The molecule has 12 heteroatoms. The molecule has 1 fully saturated rings. The zero-order valence-corrected chi connectivity index (χ0v) is 16.5. The summed E-state index contributed by atoms with van der Waals surface area (Å²) in [6, 6.07) is 3.89. The van der Waals surface area contributed by atoms with Crippen LogP contribution in [0.3, 0.4) is 0 Å². The Morgan fingerprint density at radius 2 is 1.83 bits per heavy atom. The van der Waals surface area contributed by atoms with Gasteiger partial charge in [-0.05, 0) is 37.1 Å². The number of hydrogen-bond acceptors (Lipinski definition) is 8. The summed E-state index contributed by atoms with van der Waals surface area (Å²) in [5.41, 5.74) is -4.23. The molecule has 1 aliphatic rings. The molecule has 0 bridgehead atoms. The van der Waals surface area contributed by atoms with Gasteiger partial charge in [0.2, 0.25) is 5.95 Å². The van der Waals surface area contributed by atoms with E-state index < -0.39 is 21.4 Å². The lowest BCUT2D eigenvalue weighted by Gasteiger charge is -2.27. The van der Waals surface area contributed by atoms with Crippen molar-refractivity contribution < 1.29 is 30.5 Å². The number of hydrogen-bond donors (Lipinski definition) is 0. The van der Waals surface area contributed by atoms with E-state index in [0.29, 0.717) is 49.5 Å². The maximum Gasteiger partial charge on any atom is 0.534 e. The fourth-order valence-corrected chi connectivity index (χ4v) is 3.19. The summed E-state index contributed by atoms with van der Waals surface area (Å²) in [4.78, 5) is 15.0. The van der Waals surface area contributed by atoms with Gasteiger partial charge in [0.05, 0.1) is 13.2 Å². The van der Waals surface area contributed by atoms with Crippen molar-refractivity contribution in [3.63, 3.8) is 0 Å². The molecule has 2 heterocycles. The SMILES string of the molecule is Cc1nc(Cc2cc(OS(=O)(=O)C(F)(F)F)ccc2C)nc(N2CCOCC2)n1. The summed E-state index contributed by atoms with van der Waals surface area (Å²) in [5, 5.41) is 0. The lowest BCUT2D eigenvalue weighted by Crippen LogP contribution is -2.37. The second-order valence-electron chi connectivity index (χ2n) is 6.45. The molecule has 2 aromatic rings. The third kappa shape index (κ3) is 5.12. The van der Waals surface area contributed by atoms with Crippen molar-refractivity contribution in [1.29, 1.82) is 0 Å². The lowest BCUT2D eigenvalue weighted by molar-refractivity contribution is -0.0500. The molecule has 0 atom stereocenters. The normalized spacial score (nSPS) is 15.4. The van der Waals surface area contributed by atoms with Gasteiger partial charge in [-0.3, -0.25) is 0 Å². The average molecular weight is 432 g/mol. The first kappa shape index (κ1) is 21.2. The van der Waals surface area contributed by atoms with E-state index in [2.05, 4.69) is 19.1 Å². The first-order chi connectivity index (χ1) is 13.5. The van der Waals surface area contributed by atoms with E-state index in [1.54, 1.807) is 13.8 Å². The number of aromatic nitrogens is 3. The average Bonchev–Trinajstić information content (AvgIpc) is 2.63. The number of aryl methyl sites for hydroxylation is 2. The Balaban J connectivity index is 1.85. The number of halogens is 3. The second-order valence-corrected chi connectivity index (χ2v) is 7.98. The van der Waals surface area contributed by atoms with Gasteiger partial charge in [-0.1, -0.05) is 6.07 Å². The van der Waals surface area contributed by atoms with Crippen LogP contribution in [-0.2, 0) is 21.3 Å². The minimum absolute atomic E-state index is 0.176. The number of ether oxygens (including phenoxy) is 1. The molecule has 8 nitrogen and oxygen atoms in total. The van der Waals surface area contributed by atoms with Crippen LogP contribution >= 0.6 is 0 Å². The molecule has 0 aliphatic carbocycles. The van der Waals surface area contributed by atoms with Crippen molar-refractivity contribution in [1.82, 2.24) is 15.0 Å². The standard InChI is InChI=1S/C17H19F3N4O4S/c1-11-3-4-14(28-29(25,26)17(18,19)20)9-13(11)10-15-21-12(2)22-16(23-15)24-5-7-27-8-6-24/h3-4,9H,5-8,10H2,1-2H3. The van der Waals surface area contributed by atoms with Crippen LogP contribution in [0.5, 0.6) is 5.75 Å². The summed E-state index contributed by atoms with van der Waals surface area (Å²) in [6.07, 6.45) is 0.176. The molecular weight excluding hydrogens is 413 g/mol. The number of nitrogens with zero attached hydrogens (tertiary/aromatic N) is 4. The number of anilines is 1. The number of rotatable bonds is 5. The molecule has 1 aromatic carbocycles. The van der Waals surface area contributed by atoms with Crippen molar-refractivity contribution in [3.05, 3.63) is 41.0 Å². The van der Waals surface area contributed by atoms with Gasteiger partial charge in [0, 0.05) is 19.5 Å². The van der Waals surface area contributed by atoms with Crippen LogP contribution in [0, 0.1) is 13.8 Å². The van der Waals surface area contributed by atoms with Crippen molar-refractivity contribution >= 4 is 16.1 Å². The highest BCUT2D eigenvalue weighted by Gasteiger charge is 2.48. The molecule has 29 heavy (non-hydrogen) atoms. The van der Waals surface area contributed by atoms with Crippen LogP contribution in [-0.4, -0.2) is 55.2 Å². The van der Waals surface area contributed by atoms with Crippen molar-refractivity contribution in [2.24, 2.45) is 0 Å². The minimum atomic E-state index is -5.74. The highest BCUT2D eigenvalue weighted by molar-refractivity contribution is 7.88. The highest BCUT2D eigenvalue weighted by atomic mass is 32.2. The zero-order chi connectivity index (χ0) is 21.2. The van der Waals surface area contributed by atoms with E-state index in [0.717, 1.165) is 5.56 Å². The summed E-state index contributed by atoms with van der Waals surface area (Å²) in [5.74, 6) is 0.988. The molecular formula is C17H19F3N4O4S. The van der Waals surface area contributed by atoms with Crippen LogP contribution in [0.4, 0.5) is 19.1 Å². The molecule has 1 aromatic heterocycles. The van der Waals surface area contributed by atoms with Crippen LogP contribution in [0.1, 0.15) is 22.8 Å². The topological polar surface area (TPSA) is 94.5 Å².